The number of ether oxygens (including phenoxy) is 2. The van der Waals surface area contributed by atoms with Crippen molar-refractivity contribution in [3.8, 4) is 11.5 Å². The van der Waals surface area contributed by atoms with Gasteiger partial charge in [0.2, 0.25) is 5.91 Å². The smallest absolute Gasteiger partial charge is 0.244 e. The Hall–Kier alpha value is -4.13. The molecule has 154 valence electrons. The molecule has 31 heavy (non-hydrogen) atoms. The van der Waals surface area contributed by atoms with Gasteiger partial charge in [-0.3, -0.25) is 4.79 Å². The van der Waals surface area contributed by atoms with Crippen LogP contribution in [0.4, 0.5) is 5.69 Å². The van der Waals surface area contributed by atoms with Gasteiger partial charge in [-0.15, -0.1) is 0 Å². The van der Waals surface area contributed by atoms with E-state index in [-0.39, 0.29) is 12.5 Å². The summed E-state index contributed by atoms with van der Waals surface area (Å²) in [5.74, 6) is 0.987. The van der Waals surface area contributed by atoms with E-state index < -0.39 is 0 Å². The van der Waals surface area contributed by atoms with Crippen molar-refractivity contribution in [3.63, 3.8) is 0 Å². The first-order valence-electron chi connectivity index (χ1n) is 9.83. The molecule has 0 aliphatic carbocycles. The molecule has 7 nitrogen and oxygen atoms in total. The number of nitrogens with zero attached hydrogens (tertiary/aromatic N) is 3. The minimum Gasteiger partial charge on any atom is -0.497 e. The summed E-state index contributed by atoms with van der Waals surface area (Å²) in [6.07, 6.45) is 0. The number of amides is 1. The van der Waals surface area contributed by atoms with Gasteiger partial charge in [0, 0.05) is 11.5 Å². The van der Waals surface area contributed by atoms with E-state index in [1.807, 2.05) is 53.1 Å². The van der Waals surface area contributed by atoms with Crippen molar-refractivity contribution in [2.75, 3.05) is 19.5 Å². The number of carbonyl (C=O) groups excluding carboxylic acids is 1. The van der Waals surface area contributed by atoms with Gasteiger partial charge in [-0.25, -0.2) is 9.97 Å². The van der Waals surface area contributed by atoms with Crippen LogP contribution in [0.5, 0.6) is 11.5 Å². The highest BCUT2D eigenvalue weighted by Gasteiger charge is 2.17. The summed E-state index contributed by atoms with van der Waals surface area (Å²) in [4.78, 5) is 22.6. The van der Waals surface area contributed by atoms with E-state index in [4.69, 9.17) is 19.4 Å². The third-order valence-electron chi connectivity index (χ3n) is 5.24. The van der Waals surface area contributed by atoms with Gasteiger partial charge in [0.1, 0.15) is 23.6 Å². The fourth-order valence-electron chi connectivity index (χ4n) is 3.78. The van der Waals surface area contributed by atoms with Gasteiger partial charge >= 0.3 is 0 Å². The normalized spacial score (nSPS) is 11.2. The molecule has 1 N–H and O–H groups in total. The molecule has 2 heterocycles. The maximum Gasteiger partial charge on any atom is 0.244 e. The SMILES string of the molecule is COc1ccc(NC(=O)Cn2c3ccccc3c3nc4ccccc4nc32)c(OC)c1. The van der Waals surface area contributed by atoms with E-state index in [2.05, 4.69) is 5.32 Å². The van der Waals surface area contributed by atoms with Crippen LogP contribution < -0.4 is 14.8 Å². The summed E-state index contributed by atoms with van der Waals surface area (Å²) in [5.41, 5.74) is 4.55. The van der Waals surface area contributed by atoms with Gasteiger partial charge in [0.25, 0.3) is 0 Å². The lowest BCUT2D eigenvalue weighted by Crippen LogP contribution is -2.19. The highest BCUT2D eigenvalue weighted by Crippen LogP contribution is 2.30. The van der Waals surface area contributed by atoms with Crippen molar-refractivity contribution in [1.82, 2.24) is 14.5 Å². The summed E-state index contributed by atoms with van der Waals surface area (Å²) >= 11 is 0. The first-order chi connectivity index (χ1) is 15.2. The molecule has 0 bridgehead atoms. The molecule has 2 aromatic heterocycles. The Kier molecular flexibility index (Phi) is 4.63. The van der Waals surface area contributed by atoms with Crippen molar-refractivity contribution in [2.45, 2.75) is 6.54 Å². The molecule has 0 aliphatic heterocycles. The molecule has 0 unspecified atom stereocenters. The van der Waals surface area contributed by atoms with Gasteiger partial charge in [-0.2, -0.15) is 0 Å². The number of hydrogen-bond donors (Lipinski definition) is 1. The van der Waals surface area contributed by atoms with Gasteiger partial charge in [0.05, 0.1) is 36.5 Å². The second-order valence-corrected chi connectivity index (χ2v) is 7.10. The predicted octanol–water partition coefficient (Wildman–Crippen LogP) is 4.39. The van der Waals surface area contributed by atoms with Crippen LogP contribution in [0.25, 0.3) is 33.1 Å². The van der Waals surface area contributed by atoms with Crippen LogP contribution in [0.15, 0.2) is 66.7 Å². The molecular formula is C24H20N4O3. The van der Waals surface area contributed by atoms with Crippen LogP contribution in [-0.4, -0.2) is 34.7 Å². The monoisotopic (exact) mass is 412 g/mol. The van der Waals surface area contributed by atoms with Crippen LogP contribution in [0.1, 0.15) is 0 Å². The number of anilines is 1. The Morgan fingerprint density at radius 2 is 1.68 bits per heavy atom. The Labute approximate surface area is 178 Å². The van der Waals surface area contributed by atoms with Crippen LogP contribution >= 0.6 is 0 Å². The lowest BCUT2D eigenvalue weighted by atomic mass is 10.2. The number of aromatic nitrogens is 3. The summed E-state index contributed by atoms with van der Waals surface area (Å²) < 4.78 is 12.5. The Morgan fingerprint density at radius 1 is 0.935 bits per heavy atom. The number of nitrogens with one attached hydrogen (secondary N) is 1. The highest BCUT2D eigenvalue weighted by atomic mass is 16.5. The summed E-state index contributed by atoms with van der Waals surface area (Å²) in [5, 5.41) is 3.89. The van der Waals surface area contributed by atoms with Gasteiger partial charge in [-0.05, 0) is 30.3 Å². The van der Waals surface area contributed by atoms with E-state index in [9.17, 15) is 4.79 Å². The molecule has 1 amide bonds. The first kappa shape index (κ1) is 18.9. The fraction of sp³-hybridized carbons (Fsp3) is 0.125. The first-order valence-corrected chi connectivity index (χ1v) is 9.83. The molecule has 5 aromatic rings. The summed E-state index contributed by atoms with van der Waals surface area (Å²) in [6, 6.07) is 20.9. The van der Waals surface area contributed by atoms with Crippen LogP contribution in [0.3, 0.4) is 0 Å². The fourth-order valence-corrected chi connectivity index (χ4v) is 3.78. The topological polar surface area (TPSA) is 78.3 Å². The van der Waals surface area contributed by atoms with E-state index in [0.717, 1.165) is 27.5 Å². The van der Waals surface area contributed by atoms with E-state index in [1.165, 1.54) is 0 Å². The van der Waals surface area contributed by atoms with Crippen molar-refractivity contribution < 1.29 is 14.3 Å². The van der Waals surface area contributed by atoms with E-state index in [0.29, 0.717) is 22.8 Å². The maximum absolute atomic E-state index is 13.0. The number of carbonyl (C=O) groups is 1. The Balaban J connectivity index is 1.56. The lowest BCUT2D eigenvalue weighted by Gasteiger charge is -2.12. The summed E-state index contributed by atoms with van der Waals surface area (Å²) in [7, 11) is 3.14. The maximum atomic E-state index is 13.0. The second kappa shape index (κ2) is 7.60. The number of rotatable bonds is 5. The highest BCUT2D eigenvalue weighted by molar-refractivity contribution is 6.07. The van der Waals surface area contributed by atoms with Gasteiger partial charge < -0.3 is 19.4 Å². The molecule has 0 atom stereocenters. The molecule has 3 aromatic carbocycles. The number of benzene rings is 3. The van der Waals surface area contributed by atoms with Crippen molar-refractivity contribution in [2.24, 2.45) is 0 Å². The zero-order valence-corrected chi connectivity index (χ0v) is 17.1. The molecule has 0 aliphatic rings. The zero-order chi connectivity index (χ0) is 21.4. The molecule has 0 saturated heterocycles. The molecule has 0 radical (unpaired) electrons. The van der Waals surface area contributed by atoms with Crippen LogP contribution in [0, 0.1) is 0 Å². The molecule has 0 saturated carbocycles. The third-order valence-corrected chi connectivity index (χ3v) is 5.24. The zero-order valence-electron chi connectivity index (χ0n) is 17.1. The Bertz CT molecular complexity index is 1440. The van der Waals surface area contributed by atoms with E-state index in [1.54, 1.807) is 32.4 Å². The lowest BCUT2D eigenvalue weighted by molar-refractivity contribution is -0.116. The molecule has 7 heteroatoms. The van der Waals surface area contributed by atoms with Crippen LogP contribution in [0.2, 0.25) is 0 Å². The number of fused-ring (bicyclic) bond motifs is 4. The van der Waals surface area contributed by atoms with Crippen molar-refractivity contribution >= 4 is 44.7 Å². The minimum absolute atomic E-state index is 0.0895. The van der Waals surface area contributed by atoms with Gasteiger partial charge in [0.15, 0.2) is 5.65 Å². The third kappa shape index (κ3) is 3.30. The average molecular weight is 412 g/mol. The predicted molar refractivity (Wildman–Crippen MR) is 121 cm³/mol. The average Bonchev–Trinajstić information content (AvgIpc) is 3.10. The number of para-hydroxylation sites is 3. The van der Waals surface area contributed by atoms with Crippen LogP contribution in [-0.2, 0) is 11.3 Å². The Morgan fingerprint density at radius 3 is 2.45 bits per heavy atom. The molecule has 0 spiro atoms. The van der Waals surface area contributed by atoms with Gasteiger partial charge in [-0.1, -0.05) is 30.3 Å². The largest absolute Gasteiger partial charge is 0.497 e. The molecular weight excluding hydrogens is 392 g/mol. The molecule has 5 rings (SSSR count). The number of methoxy groups -OCH3 is 2. The standard InChI is InChI=1S/C24H20N4O3/c1-30-15-11-12-19(21(13-15)31-2)25-22(29)14-28-20-10-6-3-7-16(20)23-24(28)27-18-9-5-4-8-17(18)26-23/h3-13H,14H2,1-2H3,(H,25,29). The van der Waals surface area contributed by atoms with Crippen molar-refractivity contribution in [3.05, 3.63) is 66.7 Å². The summed E-state index contributed by atoms with van der Waals surface area (Å²) in [6.45, 7) is 0.0895. The minimum atomic E-state index is -0.193. The number of hydrogen-bond acceptors (Lipinski definition) is 5. The molecule has 0 fully saturated rings. The second-order valence-electron chi connectivity index (χ2n) is 7.10. The van der Waals surface area contributed by atoms with E-state index >= 15 is 0 Å². The quantitative estimate of drug-likeness (QED) is 0.463. The van der Waals surface area contributed by atoms with Crippen molar-refractivity contribution in [1.29, 1.82) is 0 Å².